The molecule has 106 valence electrons. The molecule has 0 saturated carbocycles. The number of halogens is 3. The second kappa shape index (κ2) is 5.92. The van der Waals surface area contributed by atoms with Crippen LogP contribution in [0.2, 0.25) is 0 Å². The highest BCUT2D eigenvalue weighted by Crippen LogP contribution is 2.32. The molecule has 1 saturated heterocycles. The molecular weight excluding hydrogens is 253 g/mol. The van der Waals surface area contributed by atoms with Gasteiger partial charge in [0.25, 0.3) is 0 Å². The summed E-state index contributed by atoms with van der Waals surface area (Å²) in [4.78, 5) is 2.26. The standard InChI is InChI=1S/C14H19F3N2/c1-2-13(19-8-6-18-7-9-19)11-4-3-5-12(10-11)14(15,16)17/h3-5,10,13,18H,2,6-9H2,1H3/t13-/m0/s1. The van der Waals surface area contributed by atoms with Crippen LogP contribution in [0.5, 0.6) is 0 Å². The smallest absolute Gasteiger partial charge is 0.314 e. The lowest BCUT2D eigenvalue weighted by molar-refractivity contribution is -0.137. The predicted octanol–water partition coefficient (Wildman–Crippen LogP) is 3.06. The Bertz CT molecular complexity index is 411. The molecule has 19 heavy (non-hydrogen) atoms. The summed E-state index contributed by atoms with van der Waals surface area (Å²) in [5.41, 5.74) is 0.206. The molecule has 1 aromatic rings. The van der Waals surface area contributed by atoms with Crippen LogP contribution in [0.4, 0.5) is 13.2 Å². The summed E-state index contributed by atoms with van der Waals surface area (Å²) in [6.45, 7) is 5.58. The molecule has 5 heteroatoms. The average molecular weight is 272 g/mol. The van der Waals surface area contributed by atoms with E-state index < -0.39 is 11.7 Å². The van der Waals surface area contributed by atoms with E-state index >= 15 is 0 Å². The van der Waals surface area contributed by atoms with Crippen LogP contribution in [0.15, 0.2) is 24.3 Å². The van der Waals surface area contributed by atoms with Gasteiger partial charge >= 0.3 is 6.18 Å². The lowest BCUT2D eigenvalue weighted by Crippen LogP contribution is -2.45. The average Bonchev–Trinajstić information content (AvgIpc) is 2.40. The molecule has 1 fully saturated rings. The number of hydrogen-bond acceptors (Lipinski definition) is 2. The van der Waals surface area contributed by atoms with Gasteiger partial charge in [-0.15, -0.1) is 0 Å². The van der Waals surface area contributed by atoms with Crippen molar-refractivity contribution in [1.29, 1.82) is 0 Å². The number of nitrogens with one attached hydrogen (secondary N) is 1. The van der Waals surface area contributed by atoms with E-state index in [0.29, 0.717) is 0 Å². The van der Waals surface area contributed by atoms with Crippen molar-refractivity contribution in [2.45, 2.75) is 25.6 Å². The fraction of sp³-hybridized carbons (Fsp3) is 0.571. The highest BCUT2D eigenvalue weighted by Gasteiger charge is 2.31. The molecule has 1 atom stereocenters. The molecule has 2 rings (SSSR count). The molecule has 0 aromatic heterocycles. The van der Waals surface area contributed by atoms with Gasteiger partial charge in [0.1, 0.15) is 0 Å². The highest BCUT2D eigenvalue weighted by atomic mass is 19.4. The first-order chi connectivity index (χ1) is 9.02. The third-order valence-corrected chi connectivity index (χ3v) is 3.58. The van der Waals surface area contributed by atoms with E-state index in [1.807, 2.05) is 6.92 Å². The summed E-state index contributed by atoms with van der Waals surface area (Å²) < 4.78 is 38.3. The van der Waals surface area contributed by atoms with Crippen molar-refractivity contribution in [2.24, 2.45) is 0 Å². The molecule has 2 nitrogen and oxygen atoms in total. The Morgan fingerprint density at radius 3 is 2.53 bits per heavy atom. The zero-order chi connectivity index (χ0) is 13.9. The summed E-state index contributed by atoms with van der Waals surface area (Å²) >= 11 is 0. The second-order valence-corrected chi connectivity index (χ2v) is 4.83. The molecule has 0 aliphatic carbocycles. The molecule has 1 N–H and O–H groups in total. The summed E-state index contributed by atoms with van der Waals surface area (Å²) in [7, 11) is 0. The maximum atomic E-state index is 12.8. The quantitative estimate of drug-likeness (QED) is 0.909. The lowest BCUT2D eigenvalue weighted by atomic mass is 9.99. The number of hydrogen-bond donors (Lipinski definition) is 1. The Morgan fingerprint density at radius 2 is 1.95 bits per heavy atom. The van der Waals surface area contributed by atoms with Crippen molar-refractivity contribution in [3.63, 3.8) is 0 Å². The fourth-order valence-corrected chi connectivity index (χ4v) is 2.62. The van der Waals surface area contributed by atoms with E-state index in [0.717, 1.165) is 44.2 Å². The minimum Gasteiger partial charge on any atom is -0.314 e. The number of benzene rings is 1. The largest absolute Gasteiger partial charge is 0.416 e. The van der Waals surface area contributed by atoms with Gasteiger partial charge in [-0.2, -0.15) is 13.2 Å². The minimum absolute atomic E-state index is 0.0735. The number of rotatable bonds is 3. The van der Waals surface area contributed by atoms with E-state index in [2.05, 4.69) is 10.2 Å². The van der Waals surface area contributed by atoms with Gasteiger partial charge in [0.15, 0.2) is 0 Å². The van der Waals surface area contributed by atoms with Gasteiger partial charge in [-0.1, -0.05) is 19.1 Å². The van der Waals surface area contributed by atoms with Crippen LogP contribution in [0.25, 0.3) is 0 Å². The molecule has 0 unspecified atom stereocenters. The first-order valence-electron chi connectivity index (χ1n) is 6.64. The van der Waals surface area contributed by atoms with Gasteiger partial charge in [0.2, 0.25) is 0 Å². The van der Waals surface area contributed by atoms with Gasteiger partial charge in [-0.3, -0.25) is 4.90 Å². The van der Waals surface area contributed by atoms with Crippen molar-refractivity contribution >= 4 is 0 Å². The topological polar surface area (TPSA) is 15.3 Å². The van der Waals surface area contributed by atoms with E-state index in [-0.39, 0.29) is 6.04 Å². The van der Waals surface area contributed by atoms with Crippen LogP contribution < -0.4 is 5.32 Å². The van der Waals surface area contributed by atoms with Crippen LogP contribution in [0, 0.1) is 0 Å². The van der Waals surface area contributed by atoms with Gasteiger partial charge < -0.3 is 5.32 Å². The van der Waals surface area contributed by atoms with E-state index in [1.54, 1.807) is 6.07 Å². The van der Waals surface area contributed by atoms with Crippen molar-refractivity contribution in [3.8, 4) is 0 Å². The van der Waals surface area contributed by atoms with E-state index in [1.165, 1.54) is 12.1 Å². The molecular formula is C14H19F3N2. The van der Waals surface area contributed by atoms with Crippen molar-refractivity contribution in [2.75, 3.05) is 26.2 Å². The molecule has 0 bridgehead atoms. The fourth-order valence-electron chi connectivity index (χ4n) is 2.62. The zero-order valence-electron chi connectivity index (χ0n) is 11.0. The van der Waals surface area contributed by atoms with E-state index in [4.69, 9.17) is 0 Å². The molecule has 1 aliphatic heterocycles. The molecule has 1 aliphatic rings. The number of alkyl halides is 3. The van der Waals surface area contributed by atoms with Crippen molar-refractivity contribution < 1.29 is 13.2 Å². The first kappa shape index (κ1) is 14.3. The van der Waals surface area contributed by atoms with Crippen LogP contribution in [-0.2, 0) is 6.18 Å². The minimum atomic E-state index is -4.27. The molecule has 0 radical (unpaired) electrons. The second-order valence-electron chi connectivity index (χ2n) is 4.83. The van der Waals surface area contributed by atoms with Gasteiger partial charge in [0, 0.05) is 32.2 Å². The maximum absolute atomic E-state index is 12.8. The van der Waals surface area contributed by atoms with Crippen LogP contribution in [-0.4, -0.2) is 31.1 Å². The molecule has 0 spiro atoms. The lowest BCUT2D eigenvalue weighted by Gasteiger charge is -2.35. The summed E-state index contributed by atoms with van der Waals surface area (Å²) in [5, 5.41) is 3.26. The molecule has 0 amide bonds. The summed E-state index contributed by atoms with van der Waals surface area (Å²) in [6, 6.07) is 5.79. The number of nitrogens with zero attached hydrogens (tertiary/aromatic N) is 1. The number of piperazine rings is 1. The van der Waals surface area contributed by atoms with Crippen LogP contribution in [0.1, 0.15) is 30.5 Å². The van der Waals surface area contributed by atoms with Crippen molar-refractivity contribution in [1.82, 2.24) is 10.2 Å². The Balaban J connectivity index is 2.22. The zero-order valence-corrected chi connectivity index (χ0v) is 11.0. The normalized spacial score (nSPS) is 19.4. The van der Waals surface area contributed by atoms with Gasteiger partial charge in [-0.05, 0) is 24.1 Å². The van der Waals surface area contributed by atoms with Gasteiger partial charge in [0.05, 0.1) is 5.56 Å². The van der Waals surface area contributed by atoms with Crippen LogP contribution in [0.3, 0.4) is 0 Å². The Morgan fingerprint density at radius 1 is 1.26 bits per heavy atom. The predicted molar refractivity (Wildman–Crippen MR) is 68.9 cm³/mol. The SMILES string of the molecule is CC[C@@H](c1cccc(C(F)(F)F)c1)N1CCNCC1. The van der Waals surface area contributed by atoms with Crippen molar-refractivity contribution in [3.05, 3.63) is 35.4 Å². The first-order valence-corrected chi connectivity index (χ1v) is 6.64. The van der Waals surface area contributed by atoms with E-state index in [9.17, 15) is 13.2 Å². The Labute approximate surface area is 111 Å². The maximum Gasteiger partial charge on any atom is 0.416 e. The van der Waals surface area contributed by atoms with Gasteiger partial charge in [-0.25, -0.2) is 0 Å². The third kappa shape index (κ3) is 3.48. The highest BCUT2D eigenvalue weighted by molar-refractivity contribution is 5.28. The Kier molecular flexibility index (Phi) is 4.47. The molecule has 1 aromatic carbocycles. The molecule has 1 heterocycles. The summed E-state index contributed by atoms with van der Waals surface area (Å²) in [5.74, 6) is 0. The monoisotopic (exact) mass is 272 g/mol. The Hall–Kier alpha value is -1.07. The summed E-state index contributed by atoms with van der Waals surface area (Å²) in [6.07, 6.45) is -3.45. The van der Waals surface area contributed by atoms with Crippen LogP contribution >= 0.6 is 0 Å². The third-order valence-electron chi connectivity index (χ3n) is 3.58.